The summed E-state index contributed by atoms with van der Waals surface area (Å²) in [7, 11) is 1.75. The molecule has 37 heavy (non-hydrogen) atoms. The number of pyridine rings is 1. The van der Waals surface area contributed by atoms with Crippen molar-refractivity contribution in [2.24, 2.45) is 7.05 Å². The zero-order chi connectivity index (χ0) is 26.1. The van der Waals surface area contributed by atoms with E-state index in [4.69, 9.17) is 10.5 Å². The minimum absolute atomic E-state index is 0.117. The molecular weight excluding hydrogens is 489 g/mol. The van der Waals surface area contributed by atoms with Crippen molar-refractivity contribution < 1.29 is 27.5 Å². The Morgan fingerprint density at radius 1 is 1.16 bits per heavy atom. The number of nitrogens with zero attached hydrogens (tertiary/aromatic N) is 5. The Morgan fingerprint density at radius 2 is 1.92 bits per heavy atom. The fourth-order valence-electron chi connectivity index (χ4n) is 4.92. The standard InChI is InChI=1S/C25H21F3N6O3/c1-32-21-16-10-14(4-7-18(16)31-22(29)17(21)11-30-32)23(35)33(34-19-8-9-20(19)37-24(34)36)12-13-2-5-15(6-3-13)25(26,27)28/h2-7,10-11,19-20H,8-9,12H2,1H3,(H2,29,31)/t19-,20+/m1/s1. The number of hydrogen-bond donors (Lipinski definition) is 1. The molecule has 190 valence electrons. The summed E-state index contributed by atoms with van der Waals surface area (Å²) in [6.45, 7) is -0.117. The van der Waals surface area contributed by atoms with Crippen LogP contribution in [0.3, 0.4) is 0 Å². The van der Waals surface area contributed by atoms with E-state index in [2.05, 4.69) is 10.1 Å². The number of halogens is 3. The first-order valence-electron chi connectivity index (χ1n) is 11.6. The number of carbonyl (C=O) groups is 2. The minimum Gasteiger partial charge on any atom is -0.443 e. The van der Waals surface area contributed by atoms with E-state index >= 15 is 0 Å². The largest absolute Gasteiger partial charge is 0.443 e. The summed E-state index contributed by atoms with van der Waals surface area (Å²) in [4.78, 5) is 31.0. The number of aryl methyl sites for hydroxylation is 1. The monoisotopic (exact) mass is 510 g/mol. The fourth-order valence-corrected chi connectivity index (χ4v) is 4.92. The number of nitrogens with two attached hydrogens (primary N) is 1. The summed E-state index contributed by atoms with van der Waals surface area (Å²) in [5.74, 6) is -0.187. The van der Waals surface area contributed by atoms with Crippen LogP contribution in [0.15, 0.2) is 48.7 Å². The van der Waals surface area contributed by atoms with Gasteiger partial charge in [0.25, 0.3) is 5.91 Å². The lowest BCUT2D eigenvalue weighted by molar-refractivity contribution is -0.137. The Labute approximate surface area is 208 Å². The molecule has 2 aliphatic rings. The number of hydrogen-bond acceptors (Lipinski definition) is 6. The molecule has 2 amide bonds. The summed E-state index contributed by atoms with van der Waals surface area (Å²) < 4.78 is 46.2. The second-order valence-electron chi connectivity index (χ2n) is 9.23. The van der Waals surface area contributed by atoms with Crippen molar-refractivity contribution in [2.75, 3.05) is 5.73 Å². The summed E-state index contributed by atoms with van der Waals surface area (Å²) in [6.07, 6.45) is -2.50. The normalized spacial score (nSPS) is 19.1. The molecule has 0 radical (unpaired) electrons. The average molecular weight is 510 g/mol. The van der Waals surface area contributed by atoms with Gasteiger partial charge in [0, 0.05) is 18.0 Å². The highest BCUT2D eigenvalue weighted by atomic mass is 19.4. The van der Waals surface area contributed by atoms with Gasteiger partial charge in [-0.05, 0) is 48.7 Å². The quantitative estimate of drug-likeness (QED) is 0.440. The maximum Gasteiger partial charge on any atom is 0.429 e. The van der Waals surface area contributed by atoms with Gasteiger partial charge in [-0.3, -0.25) is 9.48 Å². The van der Waals surface area contributed by atoms with E-state index in [-0.39, 0.29) is 24.3 Å². The van der Waals surface area contributed by atoms with Crippen molar-refractivity contribution in [3.05, 3.63) is 65.4 Å². The number of ether oxygens (including phenoxy) is 1. The lowest BCUT2D eigenvalue weighted by Gasteiger charge is -2.38. The van der Waals surface area contributed by atoms with Gasteiger partial charge in [0.15, 0.2) is 0 Å². The van der Waals surface area contributed by atoms with E-state index in [0.717, 1.165) is 12.1 Å². The van der Waals surface area contributed by atoms with Gasteiger partial charge in [0.05, 0.1) is 40.8 Å². The topological polar surface area (TPSA) is 107 Å². The van der Waals surface area contributed by atoms with Crippen LogP contribution in [0, 0.1) is 0 Å². The third kappa shape index (κ3) is 3.71. The van der Waals surface area contributed by atoms with Gasteiger partial charge in [-0.25, -0.2) is 19.8 Å². The maximum absolute atomic E-state index is 13.9. The van der Waals surface area contributed by atoms with E-state index < -0.39 is 23.7 Å². The molecule has 9 nitrogen and oxygen atoms in total. The zero-order valence-electron chi connectivity index (χ0n) is 19.6. The lowest BCUT2D eigenvalue weighted by Crippen LogP contribution is -2.54. The molecule has 1 aliphatic heterocycles. The second kappa shape index (κ2) is 8.08. The number of amides is 2. The van der Waals surface area contributed by atoms with Crippen LogP contribution in [0.5, 0.6) is 0 Å². The molecule has 6 rings (SSSR count). The first-order valence-corrected chi connectivity index (χ1v) is 11.6. The van der Waals surface area contributed by atoms with Crippen LogP contribution in [-0.2, 0) is 24.5 Å². The summed E-state index contributed by atoms with van der Waals surface area (Å²) >= 11 is 0. The molecule has 0 bridgehead atoms. The van der Waals surface area contributed by atoms with Crippen LogP contribution in [0.25, 0.3) is 21.8 Å². The molecule has 12 heteroatoms. The highest BCUT2D eigenvalue weighted by Crippen LogP contribution is 2.38. The van der Waals surface area contributed by atoms with Crippen LogP contribution in [-0.4, -0.2) is 48.9 Å². The number of carbonyl (C=O) groups excluding carboxylic acids is 2. The molecule has 0 unspecified atom stereocenters. The molecular formula is C25H21F3N6O3. The maximum atomic E-state index is 13.9. The zero-order valence-corrected chi connectivity index (χ0v) is 19.6. The molecule has 2 aromatic heterocycles. The van der Waals surface area contributed by atoms with Crippen LogP contribution in [0.1, 0.15) is 34.3 Å². The lowest BCUT2D eigenvalue weighted by atomic mass is 9.90. The second-order valence-corrected chi connectivity index (χ2v) is 9.23. The van der Waals surface area contributed by atoms with Crippen molar-refractivity contribution in [3.63, 3.8) is 0 Å². The fraction of sp³-hybridized carbons (Fsp3) is 0.280. The van der Waals surface area contributed by atoms with E-state index in [1.165, 1.54) is 22.2 Å². The van der Waals surface area contributed by atoms with E-state index in [1.54, 1.807) is 36.1 Å². The minimum atomic E-state index is -4.48. The van der Waals surface area contributed by atoms with Crippen molar-refractivity contribution in [1.29, 1.82) is 0 Å². The SMILES string of the molecule is Cn1ncc2c(N)nc3ccc(C(=O)N(Cc4ccc(C(F)(F)F)cc4)N4C(=O)O[C@H]5CC[C@H]54)cc3c21. The molecule has 3 heterocycles. The van der Waals surface area contributed by atoms with Gasteiger partial charge in [-0.1, -0.05) is 12.1 Å². The summed E-state index contributed by atoms with van der Waals surface area (Å²) in [5.41, 5.74) is 7.24. The average Bonchev–Trinajstić information content (AvgIpc) is 3.34. The van der Waals surface area contributed by atoms with Gasteiger partial charge in [-0.2, -0.15) is 18.3 Å². The Bertz CT molecular complexity index is 1570. The molecule has 1 saturated heterocycles. The predicted molar refractivity (Wildman–Crippen MR) is 127 cm³/mol. The molecule has 2 fully saturated rings. The molecule has 0 spiro atoms. The Morgan fingerprint density at radius 3 is 2.57 bits per heavy atom. The number of benzene rings is 2. The predicted octanol–water partition coefficient (Wildman–Crippen LogP) is 4.26. The van der Waals surface area contributed by atoms with Gasteiger partial charge in [0.2, 0.25) is 0 Å². The van der Waals surface area contributed by atoms with Crippen molar-refractivity contribution in [1.82, 2.24) is 24.8 Å². The Hall–Kier alpha value is -4.35. The third-order valence-corrected chi connectivity index (χ3v) is 6.99. The van der Waals surface area contributed by atoms with Crippen molar-refractivity contribution >= 4 is 39.6 Å². The third-order valence-electron chi connectivity index (χ3n) is 6.99. The van der Waals surface area contributed by atoms with Gasteiger partial charge in [-0.15, -0.1) is 0 Å². The molecule has 1 saturated carbocycles. The molecule has 1 aliphatic carbocycles. The summed E-state index contributed by atoms with van der Waals surface area (Å²) in [5, 5.41) is 8.08. The van der Waals surface area contributed by atoms with Crippen molar-refractivity contribution in [3.8, 4) is 0 Å². The Balaban J connectivity index is 1.41. The highest BCUT2D eigenvalue weighted by Gasteiger charge is 2.51. The van der Waals surface area contributed by atoms with Crippen LogP contribution in [0.4, 0.5) is 23.8 Å². The van der Waals surface area contributed by atoms with Crippen molar-refractivity contribution in [2.45, 2.75) is 37.7 Å². The highest BCUT2D eigenvalue weighted by molar-refractivity contribution is 6.10. The molecule has 2 atom stereocenters. The van der Waals surface area contributed by atoms with E-state index in [1.807, 2.05) is 0 Å². The van der Waals surface area contributed by atoms with Crippen LogP contribution >= 0.6 is 0 Å². The van der Waals surface area contributed by atoms with E-state index in [9.17, 15) is 22.8 Å². The summed E-state index contributed by atoms with van der Waals surface area (Å²) in [6, 6.07) is 9.11. The molecule has 4 aromatic rings. The van der Waals surface area contributed by atoms with Crippen LogP contribution < -0.4 is 5.73 Å². The van der Waals surface area contributed by atoms with Gasteiger partial charge >= 0.3 is 12.3 Å². The molecule has 2 N–H and O–H groups in total. The number of aromatic nitrogens is 3. The first kappa shape index (κ1) is 23.1. The molecule has 2 aromatic carbocycles. The number of alkyl halides is 3. The number of hydrazine groups is 1. The number of fused-ring (bicyclic) bond motifs is 4. The number of anilines is 1. The van der Waals surface area contributed by atoms with E-state index in [0.29, 0.717) is 46.0 Å². The first-order chi connectivity index (χ1) is 17.6. The number of rotatable bonds is 4. The van der Waals surface area contributed by atoms with Gasteiger partial charge < -0.3 is 10.5 Å². The van der Waals surface area contributed by atoms with Gasteiger partial charge in [0.1, 0.15) is 11.9 Å². The smallest absolute Gasteiger partial charge is 0.429 e. The van der Waals surface area contributed by atoms with Crippen LogP contribution in [0.2, 0.25) is 0 Å². The Kier molecular flexibility index (Phi) is 5.04. The number of nitrogen functional groups attached to an aromatic ring is 1.